The molecular formula is C17H20N2O2. The maximum atomic E-state index is 11.5. The minimum atomic E-state index is -0.262. The SMILES string of the molecule is Cc1ccc(OCc2ccc(C(C)C(=O)NN)cc2)cc1. The highest BCUT2D eigenvalue weighted by molar-refractivity contribution is 5.82. The Labute approximate surface area is 124 Å². The Morgan fingerprint density at radius 1 is 1.14 bits per heavy atom. The molecule has 0 fully saturated rings. The number of hydrazine groups is 1. The van der Waals surface area contributed by atoms with Crippen LogP contribution in [-0.4, -0.2) is 5.91 Å². The molecule has 0 heterocycles. The largest absolute Gasteiger partial charge is 0.489 e. The predicted molar refractivity (Wildman–Crippen MR) is 82.7 cm³/mol. The summed E-state index contributed by atoms with van der Waals surface area (Å²) in [6.45, 7) is 4.36. The van der Waals surface area contributed by atoms with Crippen molar-refractivity contribution in [2.45, 2.75) is 26.4 Å². The van der Waals surface area contributed by atoms with Crippen LogP contribution in [0.15, 0.2) is 48.5 Å². The number of carbonyl (C=O) groups excluding carboxylic acids is 1. The van der Waals surface area contributed by atoms with Crippen molar-refractivity contribution in [2.75, 3.05) is 0 Å². The number of carbonyl (C=O) groups is 1. The van der Waals surface area contributed by atoms with Gasteiger partial charge < -0.3 is 4.74 Å². The molecule has 1 atom stereocenters. The van der Waals surface area contributed by atoms with E-state index in [0.717, 1.165) is 16.9 Å². The van der Waals surface area contributed by atoms with Gasteiger partial charge in [0.25, 0.3) is 0 Å². The summed E-state index contributed by atoms with van der Waals surface area (Å²) < 4.78 is 5.72. The Kier molecular flexibility index (Phi) is 4.95. The van der Waals surface area contributed by atoms with Gasteiger partial charge in [-0.25, -0.2) is 5.84 Å². The van der Waals surface area contributed by atoms with Crippen molar-refractivity contribution in [3.05, 3.63) is 65.2 Å². The molecule has 0 spiro atoms. The molecule has 0 aliphatic rings. The molecule has 2 rings (SSSR count). The Morgan fingerprint density at radius 2 is 1.76 bits per heavy atom. The molecule has 1 amide bonds. The molecule has 0 aromatic heterocycles. The molecule has 0 saturated carbocycles. The number of nitrogens with one attached hydrogen (secondary N) is 1. The number of nitrogens with two attached hydrogens (primary N) is 1. The van der Waals surface area contributed by atoms with E-state index in [4.69, 9.17) is 10.6 Å². The maximum Gasteiger partial charge on any atom is 0.241 e. The summed E-state index contributed by atoms with van der Waals surface area (Å²) in [6, 6.07) is 15.7. The van der Waals surface area contributed by atoms with Crippen LogP contribution in [0, 0.1) is 6.92 Å². The van der Waals surface area contributed by atoms with E-state index in [1.807, 2.05) is 62.4 Å². The van der Waals surface area contributed by atoms with Gasteiger partial charge in [-0.05, 0) is 37.1 Å². The van der Waals surface area contributed by atoms with Gasteiger partial charge >= 0.3 is 0 Å². The van der Waals surface area contributed by atoms with Gasteiger partial charge in [-0.1, -0.05) is 42.0 Å². The van der Waals surface area contributed by atoms with Crippen molar-refractivity contribution in [1.29, 1.82) is 0 Å². The molecule has 110 valence electrons. The van der Waals surface area contributed by atoms with E-state index >= 15 is 0 Å². The van der Waals surface area contributed by atoms with Crippen molar-refractivity contribution >= 4 is 5.91 Å². The summed E-state index contributed by atoms with van der Waals surface area (Å²) in [6.07, 6.45) is 0. The number of hydrogen-bond acceptors (Lipinski definition) is 3. The summed E-state index contributed by atoms with van der Waals surface area (Å²) in [5.41, 5.74) is 5.36. The summed E-state index contributed by atoms with van der Waals surface area (Å²) >= 11 is 0. The molecular weight excluding hydrogens is 264 g/mol. The second-order valence-corrected chi connectivity index (χ2v) is 5.07. The first kappa shape index (κ1) is 15.1. The lowest BCUT2D eigenvalue weighted by Crippen LogP contribution is -2.33. The topological polar surface area (TPSA) is 64.3 Å². The first-order valence-electron chi connectivity index (χ1n) is 6.89. The van der Waals surface area contributed by atoms with E-state index in [0.29, 0.717) is 6.61 Å². The highest BCUT2D eigenvalue weighted by Gasteiger charge is 2.13. The standard InChI is InChI=1S/C17H20N2O2/c1-12-3-9-16(10-4-12)21-11-14-5-7-15(8-6-14)13(2)17(20)19-18/h3-10,13H,11,18H2,1-2H3,(H,19,20). The van der Waals surface area contributed by atoms with Crippen LogP contribution < -0.4 is 16.0 Å². The zero-order valence-corrected chi connectivity index (χ0v) is 12.3. The third-order valence-corrected chi connectivity index (χ3v) is 3.44. The minimum absolute atomic E-state index is 0.196. The van der Waals surface area contributed by atoms with E-state index in [1.54, 1.807) is 0 Å². The van der Waals surface area contributed by atoms with E-state index < -0.39 is 0 Å². The van der Waals surface area contributed by atoms with Crippen molar-refractivity contribution < 1.29 is 9.53 Å². The van der Waals surface area contributed by atoms with Crippen molar-refractivity contribution in [3.63, 3.8) is 0 Å². The first-order valence-corrected chi connectivity index (χ1v) is 6.89. The fourth-order valence-electron chi connectivity index (χ4n) is 1.98. The highest BCUT2D eigenvalue weighted by Crippen LogP contribution is 2.18. The van der Waals surface area contributed by atoms with E-state index in [2.05, 4.69) is 5.43 Å². The number of benzene rings is 2. The Hall–Kier alpha value is -2.33. The van der Waals surface area contributed by atoms with Gasteiger partial charge in [0.05, 0.1) is 5.92 Å². The average Bonchev–Trinajstić information content (AvgIpc) is 2.53. The number of hydrogen-bond donors (Lipinski definition) is 2. The molecule has 0 aliphatic carbocycles. The highest BCUT2D eigenvalue weighted by atomic mass is 16.5. The van der Waals surface area contributed by atoms with Crippen molar-refractivity contribution in [2.24, 2.45) is 5.84 Å². The quantitative estimate of drug-likeness (QED) is 0.504. The van der Waals surface area contributed by atoms with Gasteiger partial charge in [0.15, 0.2) is 0 Å². The first-order chi connectivity index (χ1) is 10.1. The van der Waals surface area contributed by atoms with Crippen molar-refractivity contribution in [3.8, 4) is 5.75 Å². The van der Waals surface area contributed by atoms with E-state index in [-0.39, 0.29) is 11.8 Å². The maximum absolute atomic E-state index is 11.5. The summed E-state index contributed by atoms with van der Waals surface area (Å²) in [4.78, 5) is 11.5. The smallest absolute Gasteiger partial charge is 0.241 e. The van der Waals surface area contributed by atoms with Crippen LogP contribution >= 0.6 is 0 Å². The molecule has 0 radical (unpaired) electrons. The third kappa shape index (κ3) is 4.07. The number of aryl methyl sites for hydroxylation is 1. The van der Waals surface area contributed by atoms with Crippen LogP contribution in [0.2, 0.25) is 0 Å². The van der Waals surface area contributed by atoms with Crippen LogP contribution in [0.4, 0.5) is 0 Å². The molecule has 4 nitrogen and oxygen atoms in total. The van der Waals surface area contributed by atoms with Crippen molar-refractivity contribution in [1.82, 2.24) is 5.43 Å². The zero-order chi connectivity index (χ0) is 15.2. The normalized spacial score (nSPS) is 11.8. The number of ether oxygens (including phenoxy) is 1. The molecule has 0 saturated heterocycles. The van der Waals surface area contributed by atoms with Crippen LogP contribution in [0.5, 0.6) is 5.75 Å². The lowest BCUT2D eigenvalue weighted by atomic mass is 9.99. The Balaban J connectivity index is 1.96. The van der Waals surface area contributed by atoms with Gasteiger partial charge in [-0.15, -0.1) is 0 Å². The third-order valence-electron chi connectivity index (χ3n) is 3.44. The summed E-state index contributed by atoms with van der Waals surface area (Å²) in [5.74, 6) is 5.53. The second kappa shape index (κ2) is 6.90. The Bertz CT molecular complexity index is 591. The average molecular weight is 284 g/mol. The van der Waals surface area contributed by atoms with Crippen LogP contribution in [-0.2, 0) is 11.4 Å². The number of rotatable bonds is 5. The lowest BCUT2D eigenvalue weighted by molar-refractivity contribution is -0.122. The molecule has 0 bridgehead atoms. The van der Waals surface area contributed by atoms with Crippen LogP contribution in [0.3, 0.4) is 0 Å². The summed E-state index contributed by atoms with van der Waals surface area (Å²) in [7, 11) is 0. The molecule has 3 N–H and O–H groups in total. The van der Waals surface area contributed by atoms with E-state index in [1.165, 1.54) is 5.56 Å². The van der Waals surface area contributed by atoms with Gasteiger partial charge in [0.2, 0.25) is 5.91 Å². The molecule has 4 heteroatoms. The lowest BCUT2D eigenvalue weighted by Gasteiger charge is -2.11. The fourth-order valence-corrected chi connectivity index (χ4v) is 1.98. The molecule has 2 aromatic rings. The second-order valence-electron chi connectivity index (χ2n) is 5.07. The summed E-state index contributed by atoms with van der Waals surface area (Å²) in [5, 5.41) is 0. The van der Waals surface area contributed by atoms with Crippen LogP contribution in [0.1, 0.15) is 29.5 Å². The predicted octanol–water partition coefficient (Wildman–Crippen LogP) is 2.67. The molecule has 2 aromatic carbocycles. The van der Waals surface area contributed by atoms with Gasteiger partial charge in [-0.3, -0.25) is 10.2 Å². The minimum Gasteiger partial charge on any atom is -0.489 e. The van der Waals surface area contributed by atoms with E-state index in [9.17, 15) is 4.79 Å². The molecule has 1 unspecified atom stereocenters. The van der Waals surface area contributed by atoms with Crippen LogP contribution in [0.25, 0.3) is 0 Å². The monoisotopic (exact) mass is 284 g/mol. The molecule has 0 aliphatic heterocycles. The zero-order valence-electron chi connectivity index (χ0n) is 12.3. The Morgan fingerprint density at radius 3 is 2.33 bits per heavy atom. The fraction of sp³-hybridized carbons (Fsp3) is 0.235. The van der Waals surface area contributed by atoms with Gasteiger partial charge in [-0.2, -0.15) is 0 Å². The molecule has 21 heavy (non-hydrogen) atoms. The number of amides is 1. The van der Waals surface area contributed by atoms with Gasteiger partial charge in [0, 0.05) is 0 Å². The van der Waals surface area contributed by atoms with Gasteiger partial charge in [0.1, 0.15) is 12.4 Å².